The SMILES string of the molecule is CN[C@H]1C[C@H](NC(=O)N2CCc3ccccc3[C@@H]2c2ccc(F)cc2)C1.Cl. The minimum absolute atomic E-state index is 0. The van der Waals surface area contributed by atoms with Gasteiger partial charge in [-0.1, -0.05) is 36.4 Å². The van der Waals surface area contributed by atoms with Crippen LogP contribution in [0.15, 0.2) is 48.5 Å². The molecule has 0 radical (unpaired) electrons. The predicted molar refractivity (Wildman–Crippen MR) is 107 cm³/mol. The molecule has 0 aromatic heterocycles. The van der Waals surface area contributed by atoms with Crippen molar-refractivity contribution in [3.8, 4) is 0 Å². The highest BCUT2D eigenvalue weighted by molar-refractivity contribution is 5.85. The number of amides is 2. The van der Waals surface area contributed by atoms with Crippen molar-refractivity contribution < 1.29 is 9.18 Å². The van der Waals surface area contributed by atoms with E-state index in [0.29, 0.717) is 12.6 Å². The second kappa shape index (κ2) is 8.28. The lowest BCUT2D eigenvalue weighted by molar-refractivity contribution is 0.164. The fourth-order valence-corrected chi connectivity index (χ4v) is 4.02. The molecule has 27 heavy (non-hydrogen) atoms. The van der Waals surface area contributed by atoms with Crippen molar-refractivity contribution in [2.24, 2.45) is 0 Å². The Morgan fingerprint density at radius 1 is 1.07 bits per heavy atom. The van der Waals surface area contributed by atoms with Crippen molar-refractivity contribution in [2.45, 2.75) is 37.4 Å². The maximum absolute atomic E-state index is 13.4. The minimum Gasteiger partial charge on any atom is -0.335 e. The van der Waals surface area contributed by atoms with Gasteiger partial charge in [0.1, 0.15) is 5.82 Å². The zero-order chi connectivity index (χ0) is 18.1. The third-order valence-electron chi connectivity index (χ3n) is 5.60. The third-order valence-corrected chi connectivity index (χ3v) is 5.60. The lowest BCUT2D eigenvalue weighted by atomic mass is 9.86. The molecular formula is C21H25ClFN3O. The quantitative estimate of drug-likeness (QED) is 0.841. The molecule has 4 rings (SSSR count). The zero-order valence-corrected chi connectivity index (χ0v) is 16.1. The van der Waals surface area contributed by atoms with Gasteiger partial charge in [0.25, 0.3) is 0 Å². The Morgan fingerprint density at radius 3 is 2.48 bits per heavy atom. The van der Waals surface area contributed by atoms with Crippen LogP contribution in [-0.4, -0.2) is 36.6 Å². The number of rotatable bonds is 3. The highest BCUT2D eigenvalue weighted by Gasteiger charge is 2.35. The summed E-state index contributed by atoms with van der Waals surface area (Å²) in [5.74, 6) is -0.263. The summed E-state index contributed by atoms with van der Waals surface area (Å²) in [6.07, 6.45) is 2.77. The van der Waals surface area contributed by atoms with Crippen molar-refractivity contribution in [1.29, 1.82) is 0 Å². The highest BCUT2D eigenvalue weighted by Crippen LogP contribution is 2.35. The molecule has 0 saturated heterocycles. The van der Waals surface area contributed by atoms with Crippen LogP contribution in [0.2, 0.25) is 0 Å². The van der Waals surface area contributed by atoms with Crippen LogP contribution >= 0.6 is 12.4 Å². The molecule has 2 aliphatic rings. The molecule has 1 aliphatic heterocycles. The molecule has 1 fully saturated rings. The molecule has 0 bridgehead atoms. The van der Waals surface area contributed by atoms with Gasteiger partial charge in [0.2, 0.25) is 0 Å². The summed E-state index contributed by atoms with van der Waals surface area (Å²) in [5.41, 5.74) is 3.32. The number of nitrogens with zero attached hydrogens (tertiary/aromatic N) is 1. The first-order valence-corrected chi connectivity index (χ1v) is 9.23. The van der Waals surface area contributed by atoms with E-state index in [4.69, 9.17) is 0 Å². The molecule has 1 saturated carbocycles. The van der Waals surface area contributed by atoms with Crippen LogP contribution in [-0.2, 0) is 6.42 Å². The lowest BCUT2D eigenvalue weighted by Gasteiger charge is -2.41. The average Bonchev–Trinajstić information content (AvgIpc) is 2.64. The van der Waals surface area contributed by atoms with E-state index in [0.717, 1.165) is 30.4 Å². The molecule has 2 N–H and O–H groups in total. The van der Waals surface area contributed by atoms with Gasteiger partial charge in [0, 0.05) is 18.6 Å². The number of benzene rings is 2. The van der Waals surface area contributed by atoms with Gasteiger partial charge in [0.05, 0.1) is 6.04 Å². The molecule has 4 nitrogen and oxygen atoms in total. The standard InChI is InChI=1S/C21H24FN3O.ClH/c1-23-17-12-18(13-17)24-21(26)25-11-10-14-4-2-3-5-19(14)20(25)15-6-8-16(22)9-7-15;/h2-9,17-18,20,23H,10-13H2,1H3,(H,24,26);1H/t17-,18-,20-;/m0./s1. The fraction of sp³-hybridized carbons (Fsp3) is 0.381. The fourth-order valence-electron chi connectivity index (χ4n) is 4.02. The molecular weight excluding hydrogens is 365 g/mol. The van der Waals surface area contributed by atoms with Crippen LogP contribution in [0.3, 0.4) is 0 Å². The van der Waals surface area contributed by atoms with Gasteiger partial charge < -0.3 is 15.5 Å². The average molecular weight is 390 g/mol. The first-order chi connectivity index (χ1) is 12.7. The van der Waals surface area contributed by atoms with Crippen LogP contribution in [0.25, 0.3) is 0 Å². The number of carbonyl (C=O) groups is 1. The molecule has 144 valence electrons. The van der Waals surface area contributed by atoms with Crippen molar-refractivity contribution in [3.05, 3.63) is 71.0 Å². The number of hydrogen-bond donors (Lipinski definition) is 2. The smallest absolute Gasteiger partial charge is 0.318 e. The van der Waals surface area contributed by atoms with Gasteiger partial charge >= 0.3 is 6.03 Å². The van der Waals surface area contributed by atoms with Crippen LogP contribution in [0.4, 0.5) is 9.18 Å². The Kier molecular flexibility index (Phi) is 6.02. The summed E-state index contributed by atoms with van der Waals surface area (Å²) < 4.78 is 13.4. The molecule has 0 unspecified atom stereocenters. The summed E-state index contributed by atoms with van der Waals surface area (Å²) in [7, 11) is 1.95. The molecule has 2 aromatic rings. The Bertz CT molecular complexity index is 792. The number of nitrogens with one attached hydrogen (secondary N) is 2. The molecule has 1 atom stereocenters. The summed E-state index contributed by atoms with van der Waals surface area (Å²) in [6, 6.07) is 15.2. The van der Waals surface area contributed by atoms with Gasteiger partial charge in [-0.15, -0.1) is 12.4 Å². The summed E-state index contributed by atoms with van der Waals surface area (Å²) in [4.78, 5) is 14.9. The second-order valence-corrected chi connectivity index (χ2v) is 7.20. The van der Waals surface area contributed by atoms with E-state index in [9.17, 15) is 9.18 Å². The van der Waals surface area contributed by atoms with Gasteiger partial charge in [-0.2, -0.15) is 0 Å². The van der Waals surface area contributed by atoms with Gasteiger partial charge in [0.15, 0.2) is 0 Å². The summed E-state index contributed by atoms with van der Waals surface area (Å²) in [5, 5.41) is 6.40. The molecule has 1 heterocycles. The normalized spacial score (nSPS) is 23.6. The molecule has 6 heteroatoms. The lowest BCUT2D eigenvalue weighted by Crippen LogP contribution is -2.55. The van der Waals surface area contributed by atoms with Crippen LogP contribution in [0.5, 0.6) is 0 Å². The van der Waals surface area contributed by atoms with Crippen LogP contribution in [0.1, 0.15) is 35.6 Å². The van der Waals surface area contributed by atoms with Crippen LogP contribution in [0, 0.1) is 5.82 Å². The second-order valence-electron chi connectivity index (χ2n) is 7.20. The maximum Gasteiger partial charge on any atom is 0.318 e. The van der Waals surface area contributed by atoms with Crippen molar-refractivity contribution in [3.63, 3.8) is 0 Å². The third kappa shape index (κ3) is 3.94. The molecule has 0 spiro atoms. The minimum atomic E-state index is -0.263. The monoisotopic (exact) mass is 389 g/mol. The maximum atomic E-state index is 13.4. The summed E-state index contributed by atoms with van der Waals surface area (Å²) in [6.45, 7) is 0.660. The van der Waals surface area contributed by atoms with E-state index < -0.39 is 0 Å². The number of hydrogen-bond acceptors (Lipinski definition) is 2. The first-order valence-electron chi connectivity index (χ1n) is 9.23. The van der Waals surface area contributed by atoms with E-state index >= 15 is 0 Å². The van der Waals surface area contributed by atoms with Gasteiger partial charge in [-0.05, 0) is 55.1 Å². The highest BCUT2D eigenvalue weighted by atomic mass is 35.5. The Hall–Kier alpha value is -2.11. The van der Waals surface area contributed by atoms with Crippen molar-refractivity contribution >= 4 is 18.4 Å². The van der Waals surface area contributed by atoms with E-state index in [1.165, 1.54) is 17.7 Å². The number of fused-ring (bicyclic) bond motifs is 1. The molecule has 1 aliphatic carbocycles. The first kappa shape index (κ1) is 19.6. The van der Waals surface area contributed by atoms with Crippen LogP contribution < -0.4 is 10.6 Å². The number of urea groups is 1. The van der Waals surface area contributed by atoms with Gasteiger partial charge in [-0.3, -0.25) is 0 Å². The van der Waals surface area contributed by atoms with E-state index in [1.54, 1.807) is 12.1 Å². The summed E-state index contributed by atoms with van der Waals surface area (Å²) >= 11 is 0. The van der Waals surface area contributed by atoms with E-state index in [1.807, 2.05) is 24.1 Å². The van der Waals surface area contributed by atoms with E-state index in [-0.39, 0.29) is 36.3 Å². The molecule has 2 amide bonds. The Labute approximate surface area is 165 Å². The van der Waals surface area contributed by atoms with Gasteiger partial charge in [-0.25, -0.2) is 9.18 Å². The zero-order valence-electron chi connectivity index (χ0n) is 15.3. The molecule has 2 aromatic carbocycles. The topological polar surface area (TPSA) is 44.4 Å². The Morgan fingerprint density at radius 2 is 1.78 bits per heavy atom. The predicted octanol–water partition coefficient (Wildman–Crippen LogP) is 3.66. The van der Waals surface area contributed by atoms with Crippen molar-refractivity contribution in [1.82, 2.24) is 15.5 Å². The Balaban J connectivity index is 0.00000210. The largest absolute Gasteiger partial charge is 0.335 e. The number of carbonyl (C=O) groups excluding carboxylic acids is 1. The van der Waals surface area contributed by atoms with Crippen molar-refractivity contribution in [2.75, 3.05) is 13.6 Å². The number of halogens is 2. The van der Waals surface area contributed by atoms with E-state index in [2.05, 4.69) is 22.8 Å².